The molecule has 4 rings (SSSR count). The van der Waals surface area contributed by atoms with E-state index in [1.54, 1.807) is 0 Å². The number of aromatic nitrogens is 3. The van der Waals surface area contributed by atoms with Crippen LogP contribution in [0.2, 0.25) is 0 Å². The minimum Gasteiger partial charge on any atom is -0.458 e. The Morgan fingerprint density at radius 2 is 2.21 bits per heavy atom. The van der Waals surface area contributed by atoms with Gasteiger partial charge in [-0.15, -0.1) is 10.2 Å². The van der Waals surface area contributed by atoms with Gasteiger partial charge >= 0.3 is 0 Å². The molecule has 2 aliphatic heterocycles. The zero-order valence-corrected chi connectivity index (χ0v) is 13.9. The van der Waals surface area contributed by atoms with Crippen LogP contribution in [0.5, 0.6) is 0 Å². The highest BCUT2D eigenvalue weighted by Gasteiger charge is 2.36. The molecule has 2 saturated heterocycles. The summed E-state index contributed by atoms with van der Waals surface area (Å²) in [5, 5.41) is 8.63. The molecule has 1 amide bonds. The van der Waals surface area contributed by atoms with Crippen molar-refractivity contribution in [2.45, 2.75) is 26.4 Å². The number of carbonyl (C=O) groups excluding carboxylic acids is 1. The van der Waals surface area contributed by atoms with E-state index in [-0.39, 0.29) is 11.9 Å². The lowest BCUT2D eigenvalue weighted by atomic mass is 10.1. The predicted octanol–water partition coefficient (Wildman–Crippen LogP) is 0.914. The summed E-state index contributed by atoms with van der Waals surface area (Å²) in [4.78, 5) is 16.4. The molecule has 2 aromatic rings. The monoisotopic (exact) mass is 331 g/mol. The van der Waals surface area contributed by atoms with Crippen LogP contribution in [0.15, 0.2) is 16.5 Å². The number of hydrogen-bond acceptors (Lipinski definition) is 6. The second-order valence-electron chi connectivity index (χ2n) is 6.17. The van der Waals surface area contributed by atoms with Gasteiger partial charge in [0.25, 0.3) is 0 Å². The average Bonchev–Trinajstić information content (AvgIpc) is 3.20. The van der Waals surface area contributed by atoms with Crippen molar-refractivity contribution in [1.82, 2.24) is 19.7 Å². The Hall–Kier alpha value is -2.35. The SMILES string of the molecule is CCn1c(-c2ccc(C)o2)nnc1N1CC(=O)N2CCOCC2C1. The van der Waals surface area contributed by atoms with E-state index in [1.165, 1.54) is 0 Å². The molecular formula is C16H21N5O3. The summed E-state index contributed by atoms with van der Waals surface area (Å²) >= 11 is 0. The Morgan fingerprint density at radius 1 is 1.33 bits per heavy atom. The Morgan fingerprint density at radius 3 is 2.96 bits per heavy atom. The van der Waals surface area contributed by atoms with E-state index < -0.39 is 0 Å². The second-order valence-corrected chi connectivity index (χ2v) is 6.17. The second kappa shape index (κ2) is 5.94. The van der Waals surface area contributed by atoms with Gasteiger partial charge in [0, 0.05) is 19.6 Å². The topological polar surface area (TPSA) is 76.6 Å². The zero-order chi connectivity index (χ0) is 16.7. The van der Waals surface area contributed by atoms with E-state index in [0.717, 1.165) is 5.76 Å². The molecule has 1 atom stereocenters. The third-order valence-corrected chi connectivity index (χ3v) is 4.60. The van der Waals surface area contributed by atoms with E-state index in [9.17, 15) is 4.79 Å². The molecule has 128 valence electrons. The van der Waals surface area contributed by atoms with Gasteiger partial charge in [-0.3, -0.25) is 9.36 Å². The number of carbonyl (C=O) groups is 1. The van der Waals surface area contributed by atoms with Crippen LogP contribution < -0.4 is 4.90 Å². The smallest absolute Gasteiger partial charge is 0.242 e. The minimum absolute atomic E-state index is 0.0799. The number of ether oxygens (including phenoxy) is 1. The summed E-state index contributed by atoms with van der Waals surface area (Å²) < 4.78 is 13.2. The molecule has 0 N–H and O–H groups in total. The number of piperazine rings is 1. The van der Waals surface area contributed by atoms with E-state index in [2.05, 4.69) is 10.2 Å². The fourth-order valence-electron chi connectivity index (χ4n) is 3.42. The van der Waals surface area contributed by atoms with Gasteiger partial charge in [-0.1, -0.05) is 0 Å². The van der Waals surface area contributed by atoms with E-state index >= 15 is 0 Å². The van der Waals surface area contributed by atoms with Crippen LogP contribution in [0.4, 0.5) is 5.95 Å². The van der Waals surface area contributed by atoms with Crippen LogP contribution >= 0.6 is 0 Å². The van der Waals surface area contributed by atoms with Crippen molar-refractivity contribution in [1.29, 1.82) is 0 Å². The third kappa shape index (κ3) is 2.47. The highest BCUT2D eigenvalue weighted by atomic mass is 16.5. The number of aryl methyl sites for hydroxylation is 1. The molecule has 2 aromatic heterocycles. The van der Waals surface area contributed by atoms with Crippen LogP contribution in [-0.4, -0.2) is 64.5 Å². The van der Waals surface area contributed by atoms with Crippen LogP contribution in [0.25, 0.3) is 11.6 Å². The first-order valence-corrected chi connectivity index (χ1v) is 8.29. The molecule has 1 unspecified atom stereocenters. The van der Waals surface area contributed by atoms with E-state index in [0.29, 0.717) is 56.9 Å². The van der Waals surface area contributed by atoms with Gasteiger partial charge in [0.05, 0.1) is 19.3 Å². The summed E-state index contributed by atoms with van der Waals surface area (Å²) in [6, 6.07) is 3.88. The molecule has 0 aliphatic carbocycles. The molecule has 0 bridgehead atoms. The first-order valence-electron chi connectivity index (χ1n) is 8.29. The van der Waals surface area contributed by atoms with Crippen molar-refractivity contribution in [2.24, 2.45) is 0 Å². The van der Waals surface area contributed by atoms with Gasteiger partial charge in [0.15, 0.2) is 5.76 Å². The number of anilines is 1. The van der Waals surface area contributed by atoms with Gasteiger partial charge in [-0.05, 0) is 26.0 Å². The highest BCUT2D eigenvalue weighted by molar-refractivity contribution is 5.83. The molecule has 4 heterocycles. The fraction of sp³-hybridized carbons (Fsp3) is 0.562. The van der Waals surface area contributed by atoms with Gasteiger partial charge in [-0.2, -0.15) is 0 Å². The van der Waals surface area contributed by atoms with Crippen molar-refractivity contribution in [3.8, 4) is 11.6 Å². The lowest BCUT2D eigenvalue weighted by Gasteiger charge is -2.43. The molecular weight excluding hydrogens is 310 g/mol. The average molecular weight is 331 g/mol. The summed E-state index contributed by atoms with van der Waals surface area (Å²) in [7, 11) is 0. The summed E-state index contributed by atoms with van der Waals surface area (Å²) in [5.41, 5.74) is 0. The maximum absolute atomic E-state index is 12.4. The summed E-state index contributed by atoms with van der Waals surface area (Å²) in [6.45, 7) is 7.54. The number of rotatable bonds is 3. The molecule has 0 spiro atoms. The summed E-state index contributed by atoms with van der Waals surface area (Å²) in [6.07, 6.45) is 0. The predicted molar refractivity (Wildman–Crippen MR) is 86.7 cm³/mol. The molecule has 0 saturated carbocycles. The van der Waals surface area contributed by atoms with Crippen molar-refractivity contribution in [3.05, 3.63) is 17.9 Å². The molecule has 2 fully saturated rings. The lowest BCUT2D eigenvalue weighted by molar-refractivity contribution is -0.140. The van der Waals surface area contributed by atoms with Crippen LogP contribution in [0, 0.1) is 6.92 Å². The third-order valence-electron chi connectivity index (χ3n) is 4.60. The molecule has 0 radical (unpaired) electrons. The highest BCUT2D eigenvalue weighted by Crippen LogP contribution is 2.26. The lowest BCUT2D eigenvalue weighted by Crippen LogP contribution is -2.61. The van der Waals surface area contributed by atoms with Crippen LogP contribution in [0.3, 0.4) is 0 Å². The maximum atomic E-state index is 12.4. The molecule has 8 nitrogen and oxygen atoms in total. The normalized spacial score (nSPS) is 21.2. The number of hydrogen-bond donors (Lipinski definition) is 0. The molecule has 2 aliphatic rings. The minimum atomic E-state index is 0.0799. The molecule has 8 heteroatoms. The summed E-state index contributed by atoms with van der Waals surface area (Å²) in [5.74, 6) is 3.05. The van der Waals surface area contributed by atoms with Gasteiger partial charge in [0.1, 0.15) is 12.3 Å². The van der Waals surface area contributed by atoms with Crippen molar-refractivity contribution in [2.75, 3.05) is 37.7 Å². The Bertz CT molecular complexity index is 753. The van der Waals surface area contributed by atoms with Crippen molar-refractivity contribution in [3.63, 3.8) is 0 Å². The number of fused-ring (bicyclic) bond motifs is 1. The number of amides is 1. The first-order chi connectivity index (χ1) is 11.7. The quantitative estimate of drug-likeness (QED) is 0.832. The molecule has 24 heavy (non-hydrogen) atoms. The van der Waals surface area contributed by atoms with Crippen molar-refractivity contribution >= 4 is 11.9 Å². The Labute approximate surface area is 140 Å². The fourth-order valence-corrected chi connectivity index (χ4v) is 3.42. The zero-order valence-electron chi connectivity index (χ0n) is 13.9. The Kier molecular flexibility index (Phi) is 3.76. The Balaban J connectivity index is 1.64. The van der Waals surface area contributed by atoms with Crippen LogP contribution in [0.1, 0.15) is 12.7 Å². The largest absolute Gasteiger partial charge is 0.458 e. The van der Waals surface area contributed by atoms with Gasteiger partial charge in [0.2, 0.25) is 17.7 Å². The number of morpholine rings is 1. The van der Waals surface area contributed by atoms with Crippen molar-refractivity contribution < 1.29 is 13.9 Å². The number of furan rings is 1. The molecule has 0 aromatic carbocycles. The van der Waals surface area contributed by atoms with E-state index in [1.807, 2.05) is 40.3 Å². The maximum Gasteiger partial charge on any atom is 0.242 e. The number of nitrogens with zero attached hydrogens (tertiary/aromatic N) is 5. The first kappa shape index (κ1) is 15.2. The van der Waals surface area contributed by atoms with Crippen LogP contribution in [-0.2, 0) is 16.1 Å². The van der Waals surface area contributed by atoms with Gasteiger partial charge in [-0.25, -0.2) is 0 Å². The van der Waals surface area contributed by atoms with E-state index in [4.69, 9.17) is 9.15 Å². The van der Waals surface area contributed by atoms with Gasteiger partial charge < -0.3 is 19.0 Å². The standard InChI is InChI=1S/C16H21N5O3/c1-3-20-15(13-5-4-11(2)24-13)17-18-16(20)19-8-12-10-23-7-6-21(12)14(22)9-19/h4-5,12H,3,6-10H2,1-2H3.